The highest BCUT2D eigenvalue weighted by Gasteiger charge is 2.19. The molecule has 2 N–H and O–H groups in total. The van der Waals surface area contributed by atoms with Crippen molar-refractivity contribution in [3.63, 3.8) is 0 Å². The maximum Gasteiger partial charge on any atom is 0.257 e. The zero-order valence-electron chi connectivity index (χ0n) is 16.6. The van der Waals surface area contributed by atoms with Crippen LogP contribution in [0.2, 0.25) is 0 Å². The number of nitrogens with zero attached hydrogens (tertiary/aromatic N) is 1. The average molecular weight is 464 g/mol. The molecule has 0 aliphatic carbocycles. The molecule has 1 aliphatic rings. The molecule has 152 valence electrons. The Balaban J connectivity index is 1.55. The van der Waals surface area contributed by atoms with Crippen LogP contribution in [-0.2, 0) is 6.42 Å². The number of rotatable bonds is 5. The Hall–Kier alpha value is -3.12. The van der Waals surface area contributed by atoms with Gasteiger partial charge < -0.3 is 15.5 Å². The van der Waals surface area contributed by atoms with E-state index in [1.807, 2.05) is 18.2 Å². The van der Waals surface area contributed by atoms with Crippen molar-refractivity contribution in [1.82, 2.24) is 0 Å². The SMILES string of the molecule is CCN1CCc2ccc(NC(=O)c3ccccc3NC(=O)c3ccccc3Br)cc21. The third-order valence-electron chi connectivity index (χ3n) is 5.26. The van der Waals surface area contributed by atoms with Crippen LogP contribution in [0.25, 0.3) is 0 Å². The van der Waals surface area contributed by atoms with Gasteiger partial charge in [-0.3, -0.25) is 9.59 Å². The molecule has 0 saturated carbocycles. The lowest BCUT2D eigenvalue weighted by molar-refractivity contribution is 0.102. The summed E-state index contributed by atoms with van der Waals surface area (Å²) in [6, 6.07) is 20.2. The van der Waals surface area contributed by atoms with Crippen LogP contribution < -0.4 is 15.5 Å². The molecule has 0 saturated heterocycles. The number of amides is 2. The lowest BCUT2D eigenvalue weighted by atomic mass is 10.1. The summed E-state index contributed by atoms with van der Waals surface area (Å²) in [6.07, 6.45) is 1.03. The molecule has 0 atom stereocenters. The molecule has 0 aromatic heterocycles. The number of halogens is 1. The summed E-state index contributed by atoms with van der Waals surface area (Å²) in [5.41, 5.74) is 4.59. The molecular weight excluding hydrogens is 442 g/mol. The number of nitrogens with one attached hydrogen (secondary N) is 2. The lowest BCUT2D eigenvalue weighted by Crippen LogP contribution is -2.20. The van der Waals surface area contributed by atoms with E-state index in [2.05, 4.69) is 44.5 Å². The third-order valence-corrected chi connectivity index (χ3v) is 5.95. The van der Waals surface area contributed by atoms with Gasteiger partial charge in [0.15, 0.2) is 0 Å². The summed E-state index contributed by atoms with van der Waals surface area (Å²) in [5, 5.41) is 5.83. The van der Waals surface area contributed by atoms with Crippen LogP contribution in [0.15, 0.2) is 71.2 Å². The molecule has 0 unspecified atom stereocenters. The van der Waals surface area contributed by atoms with Crippen LogP contribution in [0.5, 0.6) is 0 Å². The number of hydrogen-bond donors (Lipinski definition) is 2. The summed E-state index contributed by atoms with van der Waals surface area (Å²) < 4.78 is 0.697. The number of likely N-dealkylation sites (N-methyl/N-ethyl adjacent to an activating group) is 1. The lowest BCUT2D eigenvalue weighted by Gasteiger charge is -2.18. The van der Waals surface area contributed by atoms with E-state index < -0.39 is 0 Å². The third kappa shape index (κ3) is 4.09. The van der Waals surface area contributed by atoms with Gasteiger partial charge in [-0.05, 0) is 71.2 Å². The predicted octanol–water partition coefficient (Wildman–Crippen LogP) is 5.34. The minimum Gasteiger partial charge on any atom is -0.371 e. The molecule has 1 aliphatic heterocycles. The van der Waals surface area contributed by atoms with Crippen molar-refractivity contribution in [2.24, 2.45) is 0 Å². The molecule has 6 heteroatoms. The van der Waals surface area contributed by atoms with Crippen molar-refractivity contribution in [3.8, 4) is 0 Å². The van der Waals surface area contributed by atoms with Gasteiger partial charge in [0.1, 0.15) is 0 Å². The molecule has 4 rings (SSSR count). The van der Waals surface area contributed by atoms with Gasteiger partial charge in [-0.1, -0.05) is 30.3 Å². The Kier molecular flexibility index (Phi) is 5.86. The molecule has 0 fully saturated rings. The zero-order valence-corrected chi connectivity index (χ0v) is 18.2. The van der Waals surface area contributed by atoms with E-state index in [-0.39, 0.29) is 11.8 Å². The van der Waals surface area contributed by atoms with Crippen molar-refractivity contribution < 1.29 is 9.59 Å². The van der Waals surface area contributed by atoms with E-state index in [4.69, 9.17) is 0 Å². The number of para-hydroxylation sites is 1. The zero-order chi connectivity index (χ0) is 21.1. The molecular formula is C24H22BrN3O2. The van der Waals surface area contributed by atoms with Gasteiger partial charge in [-0.2, -0.15) is 0 Å². The summed E-state index contributed by atoms with van der Waals surface area (Å²) in [4.78, 5) is 28.0. The van der Waals surface area contributed by atoms with E-state index >= 15 is 0 Å². The fraction of sp³-hybridized carbons (Fsp3) is 0.167. The summed E-state index contributed by atoms with van der Waals surface area (Å²) in [5.74, 6) is -0.544. The highest BCUT2D eigenvalue weighted by atomic mass is 79.9. The fourth-order valence-electron chi connectivity index (χ4n) is 3.68. The van der Waals surface area contributed by atoms with Crippen LogP contribution in [0.4, 0.5) is 17.1 Å². The number of benzene rings is 3. The average Bonchev–Trinajstić information content (AvgIpc) is 3.16. The number of fused-ring (bicyclic) bond motifs is 1. The molecule has 5 nitrogen and oxygen atoms in total. The van der Waals surface area contributed by atoms with Crippen molar-refractivity contribution in [2.45, 2.75) is 13.3 Å². The molecule has 1 heterocycles. The Labute approximate surface area is 184 Å². The van der Waals surface area contributed by atoms with Crippen LogP contribution in [0.3, 0.4) is 0 Å². The van der Waals surface area contributed by atoms with Crippen LogP contribution in [-0.4, -0.2) is 24.9 Å². The monoisotopic (exact) mass is 463 g/mol. The highest BCUT2D eigenvalue weighted by Crippen LogP contribution is 2.31. The Morgan fingerprint density at radius 1 is 0.933 bits per heavy atom. The van der Waals surface area contributed by atoms with Crippen LogP contribution >= 0.6 is 15.9 Å². The molecule has 3 aromatic carbocycles. The van der Waals surface area contributed by atoms with Gasteiger partial charge >= 0.3 is 0 Å². The molecule has 0 bridgehead atoms. The van der Waals surface area contributed by atoms with Crippen molar-refractivity contribution >= 4 is 44.8 Å². The van der Waals surface area contributed by atoms with Crippen molar-refractivity contribution in [1.29, 1.82) is 0 Å². The Morgan fingerprint density at radius 2 is 1.63 bits per heavy atom. The Bertz CT molecular complexity index is 1110. The topological polar surface area (TPSA) is 61.4 Å². The minimum absolute atomic E-state index is 0.265. The maximum absolute atomic E-state index is 13.0. The smallest absolute Gasteiger partial charge is 0.257 e. The predicted molar refractivity (Wildman–Crippen MR) is 125 cm³/mol. The number of carbonyl (C=O) groups is 2. The van der Waals surface area contributed by atoms with Gasteiger partial charge in [0, 0.05) is 28.9 Å². The number of hydrogen-bond acceptors (Lipinski definition) is 3. The van der Waals surface area contributed by atoms with E-state index in [9.17, 15) is 9.59 Å². The normalized spacial score (nSPS) is 12.4. The van der Waals surface area contributed by atoms with Crippen molar-refractivity contribution in [2.75, 3.05) is 28.6 Å². The first-order valence-corrected chi connectivity index (χ1v) is 10.7. The second-order valence-corrected chi connectivity index (χ2v) is 7.96. The second kappa shape index (κ2) is 8.71. The van der Waals surface area contributed by atoms with Crippen LogP contribution in [0, 0.1) is 0 Å². The highest BCUT2D eigenvalue weighted by molar-refractivity contribution is 9.10. The van der Waals surface area contributed by atoms with Gasteiger partial charge in [-0.15, -0.1) is 0 Å². The molecule has 0 radical (unpaired) electrons. The van der Waals surface area contributed by atoms with Gasteiger partial charge in [0.05, 0.1) is 16.8 Å². The molecule has 3 aromatic rings. The standard InChI is InChI=1S/C24H22BrN3O2/c1-2-28-14-13-16-11-12-17(15-22(16)28)26-24(30)19-8-4-6-10-21(19)27-23(29)18-7-3-5-9-20(18)25/h3-12,15H,2,13-14H2,1H3,(H,26,30)(H,27,29). The quantitative estimate of drug-likeness (QED) is 0.536. The summed E-state index contributed by atoms with van der Waals surface area (Å²) >= 11 is 3.39. The summed E-state index contributed by atoms with van der Waals surface area (Å²) in [6.45, 7) is 4.08. The first-order chi connectivity index (χ1) is 14.6. The van der Waals surface area contributed by atoms with E-state index in [0.717, 1.165) is 25.2 Å². The fourth-order valence-corrected chi connectivity index (χ4v) is 4.14. The van der Waals surface area contributed by atoms with Crippen molar-refractivity contribution in [3.05, 3.63) is 87.9 Å². The van der Waals surface area contributed by atoms with Crippen LogP contribution in [0.1, 0.15) is 33.2 Å². The minimum atomic E-state index is -0.279. The van der Waals surface area contributed by atoms with E-state index in [1.54, 1.807) is 42.5 Å². The summed E-state index contributed by atoms with van der Waals surface area (Å²) in [7, 11) is 0. The number of anilines is 3. The largest absolute Gasteiger partial charge is 0.371 e. The first kappa shape index (κ1) is 20.2. The molecule has 2 amide bonds. The van der Waals surface area contributed by atoms with Gasteiger partial charge in [0.25, 0.3) is 11.8 Å². The first-order valence-electron chi connectivity index (χ1n) is 9.91. The molecule has 30 heavy (non-hydrogen) atoms. The van der Waals surface area contributed by atoms with E-state index in [0.29, 0.717) is 21.3 Å². The Morgan fingerprint density at radius 3 is 2.40 bits per heavy atom. The number of carbonyl (C=O) groups excluding carboxylic acids is 2. The maximum atomic E-state index is 13.0. The second-order valence-electron chi connectivity index (χ2n) is 7.11. The van der Waals surface area contributed by atoms with Gasteiger partial charge in [0.2, 0.25) is 0 Å². The van der Waals surface area contributed by atoms with Gasteiger partial charge in [-0.25, -0.2) is 0 Å². The van der Waals surface area contributed by atoms with E-state index in [1.165, 1.54) is 11.3 Å². The molecule has 0 spiro atoms.